The molecule has 0 aromatic carbocycles. The first kappa shape index (κ1) is 7.84. The molecule has 0 spiro atoms. The van der Waals surface area contributed by atoms with E-state index in [-0.39, 0.29) is 0 Å². The number of hydrogen-bond donors (Lipinski definition) is 2. The highest BCUT2D eigenvalue weighted by Gasteiger charge is 2.11. The first-order valence-electron chi connectivity index (χ1n) is 2.16. The van der Waals surface area contributed by atoms with E-state index in [4.69, 9.17) is 10.2 Å². The average Bonchev–Trinajstić information content (AvgIpc) is 1.84. The molecule has 0 aromatic rings. The van der Waals surface area contributed by atoms with Gasteiger partial charge in [0.1, 0.15) is 6.61 Å². The average molecular weight is 130 g/mol. The van der Waals surface area contributed by atoms with Gasteiger partial charge in [-0.2, -0.15) is 0 Å². The molecule has 0 rings (SSSR count). The van der Waals surface area contributed by atoms with Crippen LogP contribution in [0, 0.1) is 0 Å². The zero-order chi connectivity index (χ0) is 7.44. The smallest absolute Gasteiger partial charge is 0.338 e. The Kier molecular flexibility index (Phi) is 2.60. The standard InChI is InChI=1S/C5H6O4/c1-3(5(8)9)4(7)2-6/h6H,1-2H2,(H,8,9). The molecule has 0 aliphatic rings. The lowest BCUT2D eigenvalue weighted by Gasteiger charge is -1.91. The summed E-state index contributed by atoms with van der Waals surface area (Å²) in [4.78, 5) is 20.1. The fourth-order valence-electron chi connectivity index (χ4n) is 0.215. The van der Waals surface area contributed by atoms with Gasteiger partial charge >= 0.3 is 5.97 Å². The van der Waals surface area contributed by atoms with Gasteiger partial charge < -0.3 is 10.2 Å². The molecule has 4 heteroatoms. The largest absolute Gasteiger partial charge is 0.478 e. The minimum Gasteiger partial charge on any atom is -0.478 e. The molecule has 0 unspecified atom stereocenters. The fourth-order valence-corrected chi connectivity index (χ4v) is 0.215. The van der Waals surface area contributed by atoms with Crippen LogP contribution in [0.4, 0.5) is 0 Å². The fraction of sp³-hybridized carbons (Fsp3) is 0.200. The van der Waals surface area contributed by atoms with Crippen molar-refractivity contribution in [1.29, 1.82) is 0 Å². The van der Waals surface area contributed by atoms with Crippen LogP contribution >= 0.6 is 0 Å². The van der Waals surface area contributed by atoms with Crippen molar-refractivity contribution in [2.75, 3.05) is 6.61 Å². The second-order valence-corrected chi connectivity index (χ2v) is 1.36. The third kappa shape index (κ3) is 2.05. The van der Waals surface area contributed by atoms with Gasteiger partial charge in [-0.1, -0.05) is 6.58 Å². The van der Waals surface area contributed by atoms with Crippen molar-refractivity contribution in [2.45, 2.75) is 0 Å². The van der Waals surface area contributed by atoms with Crippen LogP contribution in [-0.4, -0.2) is 28.6 Å². The Morgan fingerprint density at radius 2 is 1.89 bits per heavy atom. The molecular weight excluding hydrogens is 124 g/mol. The lowest BCUT2D eigenvalue weighted by atomic mass is 10.2. The molecule has 0 saturated carbocycles. The monoisotopic (exact) mass is 130 g/mol. The SMILES string of the molecule is C=C(C(=O)O)C(=O)CO. The van der Waals surface area contributed by atoms with E-state index in [1.165, 1.54) is 0 Å². The van der Waals surface area contributed by atoms with Gasteiger partial charge in [-0.3, -0.25) is 4.79 Å². The van der Waals surface area contributed by atoms with Crippen LogP contribution in [0.25, 0.3) is 0 Å². The molecule has 0 atom stereocenters. The van der Waals surface area contributed by atoms with Crippen molar-refractivity contribution in [1.82, 2.24) is 0 Å². The maximum atomic E-state index is 10.2. The summed E-state index contributed by atoms with van der Waals surface area (Å²) in [6.45, 7) is 2.12. The minimum absolute atomic E-state index is 0.586. The molecule has 0 heterocycles. The van der Waals surface area contributed by atoms with Crippen LogP contribution in [0.5, 0.6) is 0 Å². The molecule has 0 radical (unpaired) electrons. The second kappa shape index (κ2) is 2.99. The second-order valence-electron chi connectivity index (χ2n) is 1.36. The van der Waals surface area contributed by atoms with E-state index < -0.39 is 23.9 Å². The Hall–Kier alpha value is -1.16. The van der Waals surface area contributed by atoms with Crippen LogP contribution < -0.4 is 0 Å². The predicted molar refractivity (Wildman–Crippen MR) is 28.9 cm³/mol. The first-order chi connectivity index (χ1) is 4.09. The molecule has 0 fully saturated rings. The van der Waals surface area contributed by atoms with Crippen molar-refractivity contribution in [3.05, 3.63) is 12.2 Å². The van der Waals surface area contributed by atoms with E-state index in [9.17, 15) is 9.59 Å². The molecule has 0 saturated heterocycles. The molecule has 9 heavy (non-hydrogen) atoms. The van der Waals surface area contributed by atoms with Crippen molar-refractivity contribution in [2.24, 2.45) is 0 Å². The number of aliphatic hydroxyl groups is 1. The molecule has 0 aromatic heterocycles. The van der Waals surface area contributed by atoms with Crippen LogP contribution in [0.15, 0.2) is 12.2 Å². The summed E-state index contributed by atoms with van der Waals surface area (Å²) in [7, 11) is 0. The summed E-state index contributed by atoms with van der Waals surface area (Å²) in [6.07, 6.45) is 0. The summed E-state index contributed by atoms with van der Waals surface area (Å²) in [5.41, 5.74) is -0.586. The predicted octanol–water partition coefficient (Wildman–Crippen LogP) is -0.811. The zero-order valence-electron chi connectivity index (χ0n) is 4.63. The summed E-state index contributed by atoms with van der Waals surface area (Å²) in [5.74, 6) is -2.25. The number of carbonyl (C=O) groups is 2. The number of Topliss-reactive ketones (excluding diaryl/α,β-unsaturated/α-hetero) is 1. The van der Waals surface area contributed by atoms with Gasteiger partial charge in [0, 0.05) is 0 Å². The van der Waals surface area contributed by atoms with Gasteiger partial charge in [0.05, 0.1) is 5.57 Å². The maximum Gasteiger partial charge on any atom is 0.338 e. The minimum atomic E-state index is -1.39. The molecule has 0 bridgehead atoms. The third-order valence-electron chi connectivity index (χ3n) is 0.738. The summed E-state index contributed by atoms with van der Waals surface area (Å²) in [6, 6.07) is 0. The topological polar surface area (TPSA) is 74.6 Å². The highest BCUT2D eigenvalue weighted by Crippen LogP contribution is 1.89. The van der Waals surface area contributed by atoms with E-state index in [2.05, 4.69) is 6.58 Å². The molecule has 0 aliphatic heterocycles. The van der Waals surface area contributed by atoms with Crippen LogP contribution in [-0.2, 0) is 9.59 Å². The number of aliphatic carboxylic acids is 1. The van der Waals surface area contributed by atoms with Gasteiger partial charge in [-0.05, 0) is 0 Å². The Morgan fingerprint density at radius 3 is 2.00 bits per heavy atom. The van der Waals surface area contributed by atoms with Crippen molar-refractivity contribution in [3.63, 3.8) is 0 Å². The summed E-state index contributed by atoms with van der Waals surface area (Å²) >= 11 is 0. The molecule has 2 N–H and O–H groups in total. The van der Waals surface area contributed by atoms with Gasteiger partial charge in [0.25, 0.3) is 0 Å². The third-order valence-corrected chi connectivity index (χ3v) is 0.738. The Morgan fingerprint density at radius 1 is 1.44 bits per heavy atom. The van der Waals surface area contributed by atoms with Crippen molar-refractivity contribution in [3.8, 4) is 0 Å². The van der Waals surface area contributed by atoms with Gasteiger partial charge in [0.2, 0.25) is 0 Å². The van der Waals surface area contributed by atoms with E-state index in [0.29, 0.717) is 0 Å². The van der Waals surface area contributed by atoms with Crippen molar-refractivity contribution < 1.29 is 19.8 Å². The van der Waals surface area contributed by atoms with Crippen LogP contribution in [0.3, 0.4) is 0 Å². The molecule has 4 nitrogen and oxygen atoms in total. The molecule has 0 aliphatic carbocycles. The normalized spacial score (nSPS) is 8.56. The number of carboxylic acid groups (broad SMARTS) is 1. The summed E-state index contributed by atoms with van der Waals surface area (Å²) in [5, 5.41) is 16.1. The van der Waals surface area contributed by atoms with Gasteiger partial charge in [0.15, 0.2) is 5.78 Å². The lowest BCUT2D eigenvalue weighted by Crippen LogP contribution is -2.13. The van der Waals surface area contributed by atoms with E-state index >= 15 is 0 Å². The van der Waals surface area contributed by atoms with Gasteiger partial charge in [-0.15, -0.1) is 0 Å². The number of aliphatic hydroxyl groups excluding tert-OH is 1. The highest BCUT2D eigenvalue weighted by molar-refractivity contribution is 6.16. The Labute approximate surface area is 51.4 Å². The number of carboxylic acids is 1. The zero-order valence-corrected chi connectivity index (χ0v) is 4.63. The highest BCUT2D eigenvalue weighted by atomic mass is 16.4. The number of ketones is 1. The molecular formula is C5H6O4. The van der Waals surface area contributed by atoms with Crippen LogP contribution in [0.2, 0.25) is 0 Å². The quantitative estimate of drug-likeness (QED) is 0.297. The number of hydrogen-bond acceptors (Lipinski definition) is 3. The maximum absolute atomic E-state index is 10.2. The van der Waals surface area contributed by atoms with Crippen molar-refractivity contribution >= 4 is 11.8 Å². The first-order valence-corrected chi connectivity index (χ1v) is 2.16. The lowest BCUT2D eigenvalue weighted by molar-refractivity contribution is -0.135. The van der Waals surface area contributed by atoms with E-state index in [1.54, 1.807) is 0 Å². The molecule has 0 amide bonds. The number of carbonyl (C=O) groups excluding carboxylic acids is 1. The van der Waals surface area contributed by atoms with Crippen LogP contribution in [0.1, 0.15) is 0 Å². The number of rotatable bonds is 3. The molecule has 50 valence electrons. The van der Waals surface area contributed by atoms with Gasteiger partial charge in [-0.25, -0.2) is 4.79 Å². The Balaban J connectivity index is 4.05. The Bertz CT molecular complexity index is 158. The summed E-state index contributed by atoms with van der Waals surface area (Å²) < 4.78 is 0. The van der Waals surface area contributed by atoms with E-state index in [1.807, 2.05) is 0 Å². The van der Waals surface area contributed by atoms with E-state index in [0.717, 1.165) is 0 Å².